The molecule has 0 aliphatic heterocycles. The molecule has 0 aliphatic rings. The summed E-state index contributed by atoms with van der Waals surface area (Å²) in [5.74, 6) is -1.41. The van der Waals surface area contributed by atoms with Crippen molar-refractivity contribution in [1.29, 1.82) is 0 Å². The molecule has 0 fully saturated rings. The zero-order chi connectivity index (χ0) is 15.3. The minimum atomic E-state index is -0.838. The maximum absolute atomic E-state index is 11.9. The van der Waals surface area contributed by atoms with Crippen LogP contribution in [0, 0.1) is 0 Å². The molecule has 0 unspecified atom stereocenters. The minimum Gasteiger partial charge on any atom is -0.507 e. The molecule has 1 aromatic rings. The van der Waals surface area contributed by atoms with Crippen LogP contribution < -0.4 is 10.9 Å². The van der Waals surface area contributed by atoms with Crippen molar-refractivity contribution in [1.82, 2.24) is 9.88 Å². The van der Waals surface area contributed by atoms with Crippen LogP contribution in [0.2, 0.25) is 0 Å². The molecule has 2 N–H and O–H groups in total. The molecule has 0 aromatic carbocycles. The van der Waals surface area contributed by atoms with Gasteiger partial charge < -0.3 is 9.67 Å². The van der Waals surface area contributed by atoms with Gasteiger partial charge in [-0.2, -0.15) is 0 Å². The van der Waals surface area contributed by atoms with Gasteiger partial charge in [-0.25, -0.2) is 9.98 Å². The number of nitrogens with zero attached hydrogens (tertiary/aromatic N) is 3. The van der Waals surface area contributed by atoms with E-state index < -0.39 is 22.8 Å². The summed E-state index contributed by atoms with van der Waals surface area (Å²) in [7, 11) is 1.46. The molecule has 0 aliphatic carbocycles. The van der Waals surface area contributed by atoms with E-state index in [4.69, 9.17) is 11.6 Å². The van der Waals surface area contributed by atoms with E-state index in [9.17, 15) is 14.7 Å². The number of hydrogen-bond acceptors (Lipinski definition) is 4. The fourth-order valence-corrected chi connectivity index (χ4v) is 1.31. The van der Waals surface area contributed by atoms with Crippen molar-refractivity contribution in [3.05, 3.63) is 39.4 Å². The summed E-state index contributed by atoms with van der Waals surface area (Å²) in [4.78, 5) is 31.0. The molecule has 7 nitrogen and oxygen atoms in total. The molecule has 20 heavy (non-hydrogen) atoms. The summed E-state index contributed by atoms with van der Waals surface area (Å²) < 4.78 is 1.16. The molecule has 0 radical (unpaired) electrons. The highest BCUT2D eigenvalue weighted by Crippen LogP contribution is 2.10. The predicted octanol–water partition coefficient (Wildman–Crippen LogP) is 0.977. The number of allylic oxidation sites excluding steroid dienone is 1. The summed E-state index contributed by atoms with van der Waals surface area (Å²) in [6, 6.07) is 1.23. The molecule has 1 amide bonds. The molecular weight excluding hydrogens is 284 g/mol. The van der Waals surface area contributed by atoms with E-state index >= 15 is 0 Å². The van der Waals surface area contributed by atoms with E-state index in [1.807, 2.05) is 0 Å². The third-order valence-electron chi connectivity index (χ3n) is 2.21. The Balaban J connectivity index is 3.12. The van der Waals surface area contributed by atoms with E-state index in [0.717, 1.165) is 4.57 Å². The first kappa shape index (κ1) is 15.6. The Morgan fingerprint density at radius 2 is 2.25 bits per heavy atom. The van der Waals surface area contributed by atoms with Crippen LogP contribution in [0.5, 0.6) is 5.75 Å². The monoisotopic (exact) mass is 296 g/mol. The van der Waals surface area contributed by atoms with Crippen LogP contribution in [0.4, 0.5) is 0 Å². The predicted molar refractivity (Wildman–Crippen MR) is 77.4 cm³/mol. The van der Waals surface area contributed by atoms with Gasteiger partial charge in [-0.15, -0.1) is 0 Å². The molecule has 8 heteroatoms. The van der Waals surface area contributed by atoms with Gasteiger partial charge in [0.15, 0.2) is 0 Å². The number of aliphatic imine (C=N–C) groups is 2. The van der Waals surface area contributed by atoms with E-state index in [1.54, 1.807) is 6.92 Å². The molecule has 0 saturated carbocycles. The van der Waals surface area contributed by atoms with Crippen molar-refractivity contribution in [2.24, 2.45) is 17.0 Å². The van der Waals surface area contributed by atoms with Gasteiger partial charge >= 0.3 is 0 Å². The zero-order valence-corrected chi connectivity index (χ0v) is 11.7. The first-order valence-corrected chi connectivity index (χ1v) is 5.81. The second-order valence-corrected chi connectivity index (χ2v) is 4.37. The summed E-state index contributed by atoms with van der Waals surface area (Å²) >= 11 is 5.59. The molecular formula is C12H13ClN4O3. The number of rotatable bonds is 2. The van der Waals surface area contributed by atoms with Crippen molar-refractivity contribution in [2.45, 2.75) is 6.92 Å². The number of halogens is 1. The van der Waals surface area contributed by atoms with Crippen LogP contribution >= 0.6 is 11.6 Å². The summed E-state index contributed by atoms with van der Waals surface area (Å²) in [5.41, 5.74) is -1.05. The Labute approximate surface area is 119 Å². The number of guanidine groups is 1. The van der Waals surface area contributed by atoms with Gasteiger partial charge in [-0.1, -0.05) is 11.6 Å². The van der Waals surface area contributed by atoms with E-state index in [0.29, 0.717) is 5.03 Å². The fraction of sp³-hybridized carbons (Fsp3) is 0.167. The number of aryl methyl sites for hydroxylation is 1. The van der Waals surface area contributed by atoms with Crippen molar-refractivity contribution in [3.63, 3.8) is 0 Å². The molecule has 1 heterocycles. The third kappa shape index (κ3) is 3.79. The van der Waals surface area contributed by atoms with Crippen LogP contribution in [0.15, 0.2) is 38.3 Å². The van der Waals surface area contributed by atoms with Gasteiger partial charge in [0.25, 0.3) is 11.5 Å². The normalized spacial score (nSPS) is 12.2. The maximum Gasteiger partial charge on any atom is 0.267 e. The number of pyridine rings is 1. The van der Waals surface area contributed by atoms with Crippen LogP contribution in [0.25, 0.3) is 0 Å². The number of aromatic hydroxyl groups is 1. The molecule has 0 bridgehead atoms. The van der Waals surface area contributed by atoms with Crippen molar-refractivity contribution < 1.29 is 9.90 Å². The highest BCUT2D eigenvalue weighted by atomic mass is 35.5. The van der Waals surface area contributed by atoms with Crippen LogP contribution in [0.1, 0.15) is 17.3 Å². The Hall–Kier alpha value is -2.41. The Bertz CT molecular complexity index is 657. The maximum atomic E-state index is 11.9. The van der Waals surface area contributed by atoms with E-state index in [-0.39, 0.29) is 5.96 Å². The van der Waals surface area contributed by atoms with Gasteiger partial charge in [0.2, 0.25) is 5.96 Å². The number of hydrogen-bond donors (Lipinski definition) is 2. The van der Waals surface area contributed by atoms with Crippen molar-refractivity contribution in [2.75, 3.05) is 0 Å². The van der Waals surface area contributed by atoms with Crippen LogP contribution in [0.3, 0.4) is 0 Å². The first-order valence-electron chi connectivity index (χ1n) is 5.43. The van der Waals surface area contributed by atoms with E-state index in [2.05, 4.69) is 22.0 Å². The lowest BCUT2D eigenvalue weighted by atomic mass is 10.2. The topological polar surface area (TPSA) is 96.0 Å². The molecule has 106 valence electrons. The lowest BCUT2D eigenvalue weighted by Crippen LogP contribution is -2.35. The molecule has 0 saturated heterocycles. The Kier molecular flexibility index (Phi) is 5.22. The second kappa shape index (κ2) is 6.67. The number of aromatic nitrogens is 1. The number of nitrogens with one attached hydrogen (secondary N) is 1. The second-order valence-electron chi connectivity index (χ2n) is 3.77. The zero-order valence-electron chi connectivity index (χ0n) is 10.9. The summed E-state index contributed by atoms with van der Waals surface area (Å²) in [6.45, 7) is 4.82. The van der Waals surface area contributed by atoms with Gasteiger partial charge in [-0.05, 0) is 19.7 Å². The smallest absolute Gasteiger partial charge is 0.267 e. The fourth-order valence-electron chi connectivity index (χ4n) is 1.26. The highest BCUT2D eigenvalue weighted by molar-refractivity contribution is 6.29. The number of amides is 1. The largest absolute Gasteiger partial charge is 0.507 e. The molecule has 1 rings (SSSR count). The van der Waals surface area contributed by atoms with Gasteiger partial charge in [0.1, 0.15) is 11.3 Å². The molecule has 1 aromatic heterocycles. The first-order chi connectivity index (χ1) is 9.36. The lowest BCUT2D eigenvalue weighted by molar-refractivity contribution is 0.0972. The molecule has 0 atom stereocenters. The average Bonchev–Trinajstić information content (AvgIpc) is 2.39. The average molecular weight is 297 g/mol. The van der Waals surface area contributed by atoms with Gasteiger partial charge in [0.05, 0.1) is 0 Å². The highest BCUT2D eigenvalue weighted by Gasteiger charge is 2.17. The minimum absolute atomic E-state index is 0.139. The number of carbonyl (C=O) groups is 1. The van der Waals surface area contributed by atoms with Crippen molar-refractivity contribution >= 4 is 30.2 Å². The van der Waals surface area contributed by atoms with Crippen LogP contribution in [-0.2, 0) is 7.05 Å². The van der Waals surface area contributed by atoms with Crippen molar-refractivity contribution in [3.8, 4) is 5.75 Å². The lowest BCUT2D eigenvalue weighted by Gasteiger charge is -2.06. The van der Waals surface area contributed by atoms with E-state index in [1.165, 1.54) is 25.5 Å². The van der Waals surface area contributed by atoms with Gasteiger partial charge in [0, 0.05) is 24.5 Å². The summed E-state index contributed by atoms with van der Waals surface area (Å²) in [5, 5.41) is 12.2. The number of carbonyl (C=O) groups excluding carboxylic acids is 1. The quantitative estimate of drug-likeness (QED) is 0.629. The van der Waals surface area contributed by atoms with Gasteiger partial charge in [-0.3, -0.25) is 14.9 Å². The summed E-state index contributed by atoms with van der Waals surface area (Å²) in [6.07, 6.45) is 2.60. The standard InChI is InChI=1S/C12H13ClN4O3/c1-7(13)6-15-12(14-2)16-10(19)9-8(18)4-5-17(3)11(9)20/h4-6,18H,2H2,1,3H3,(H,15,16,19)/b7-6+. The Morgan fingerprint density at radius 3 is 2.80 bits per heavy atom. The third-order valence-corrected chi connectivity index (χ3v) is 2.31. The van der Waals surface area contributed by atoms with Crippen LogP contribution in [-0.4, -0.2) is 28.3 Å². The SMILES string of the molecule is C=NC(=N/C=C(\C)Cl)NC(=O)c1c(O)ccn(C)c1=O. The molecule has 0 spiro atoms. The Morgan fingerprint density at radius 1 is 1.60 bits per heavy atom.